The van der Waals surface area contributed by atoms with Gasteiger partial charge in [-0.2, -0.15) is 0 Å². The predicted molar refractivity (Wildman–Crippen MR) is 68.5 cm³/mol. The summed E-state index contributed by atoms with van der Waals surface area (Å²) >= 11 is 3.05. The Hall–Kier alpha value is -1.23. The highest BCUT2D eigenvalue weighted by Gasteiger charge is 2.34. The third-order valence-corrected chi connectivity index (χ3v) is 4.02. The molecule has 5 heteroatoms. The van der Waals surface area contributed by atoms with E-state index in [1.54, 1.807) is 0 Å². The molecule has 1 aliphatic heterocycles. The van der Waals surface area contributed by atoms with Crippen LogP contribution in [0.25, 0.3) is 0 Å². The van der Waals surface area contributed by atoms with Gasteiger partial charge in [-0.25, -0.2) is 4.39 Å². The Morgan fingerprint density at radius 1 is 1.56 bits per heavy atom. The molecule has 1 saturated heterocycles. The molecule has 96 valence electrons. The summed E-state index contributed by atoms with van der Waals surface area (Å²) in [5, 5.41) is 0. The molecule has 0 spiro atoms. The van der Waals surface area contributed by atoms with Gasteiger partial charge >= 0.3 is 0 Å². The molecule has 1 aliphatic rings. The first-order valence-corrected chi connectivity index (χ1v) is 6.62. The maximum Gasteiger partial charge on any atom is 0.261 e. The Bertz CT molecular complexity index is 504. The monoisotopic (exact) mass is 313 g/mol. The SMILES string of the molecule is CCC1CC(=O)N(C(=O)c2cccc(F)c2Br)C1. The van der Waals surface area contributed by atoms with Gasteiger partial charge < -0.3 is 0 Å². The van der Waals surface area contributed by atoms with E-state index >= 15 is 0 Å². The number of rotatable bonds is 2. The summed E-state index contributed by atoms with van der Waals surface area (Å²) in [7, 11) is 0. The van der Waals surface area contributed by atoms with E-state index in [1.165, 1.54) is 23.1 Å². The van der Waals surface area contributed by atoms with Crippen LogP contribution in [0.15, 0.2) is 22.7 Å². The smallest absolute Gasteiger partial charge is 0.261 e. The molecule has 3 nitrogen and oxygen atoms in total. The second-order valence-corrected chi connectivity index (χ2v) is 5.18. The van der Waals surface area contributed by atoms with E-state index in [1.807, 2.05) is 6.92 Å². The molecule has 0 saturated carbocycles. The van der Waals surface area contributed by atoms with Gasteiger partial charge in [-0.1, -0.05) is 19.4 Å². The van der Waals surface area contributed by atoms with Crippen molar-refractivity contribution < 1.29 is 14.0 Å². The van der Waals surface area contributed by atoms with E-state index < -0.39 is 11.7 Å². The summed E-state index contributed by atoms with van der Waals surface area (Å²) in [6, 6.07) is 4.24. The van der Waals surface area contributed by atoms with Crippen LogP contribution < -0.4 is 0 Å². The number of benzene rings is 1. The average molecular weight is 314 g/mol. The summed E-state index contributed by atoms with van der Waals surface area (Å²) in [5.74, 6) is -0.890. The fourth-order valence-electron chi connectivity index (χ4n) is 2.07. The lowest BCUT2D eigenvalue weighted by Gasteiger charge is -2.15. The lowest BCUT2D eigenvalue weighted by molar-refractivity contribution is -0.125. The van der Waals surface area contributed by atoms with Crippen molar-refractivity contribution in [2.75, 3.05) is 6.54 Å². The molecule has 1 atom stereocenters. The summed E-state index contributed by atoms with van der Waals surface area (Å²) in [6.45, 7) is 2.42. The van der Waals surface area contributed by atoms with Crippen molar-refractivity contribution in [3.63, 3.8) is 0 Å². The molecule has 2 amide bonds. The van der Waals surface area contributed by atoms with Crippen LogP contribution in [-0.4, -0.2) is 23.3 Å². The Labute approximate surface area is 113 Å². The largest absolute Gasteiger partial charge is 0.278 e. The van der Waals surface area contributed by atoms with Gasteiger partial charge in [-0.15, -0.1) is 0 Å². The molecule has 0 aromatic heterocycles. The number of likely N-dealkylation sites (tertiary alicyclic amines) is 1. The molecule has 0 radical (unpaired) electrons. The number of nitrogens with zero attached hydrogens (tertiary/aromatic N) is 1. The first-order chi connectivity index (χ1) is 8.54. The molecule has 1 unspecified atom stereocenters. The maximum absolute atomic E-state index is 13.4. The summed E-state index contributed by atoms with van der Waals surface area (Å²) in [5.41, 5.74) is 0.195. The first-order valence-electron chi connectivity index (χ1n) is 5.83. The number of carbonyl (C=O) groups is 2. The minimum Gasteiger partial charge on any atom is -0.278 e. The Morgan fingerprint density at radius 2 is 2.28 bits per heavy atom. The number of amides is 2. The summed E-state index contributed by atoms with van der Waals surface area (Å²) in [4.78, 5) is 25.2. The van der Waals surface area contributed by atoms with E-state index in [4.69, 9.17) is 0 Å². The number of carbonyl (C=O) groups excluding carboxylic acids is 2. The standard InChI is InChI=1S/C13H13BrFNO2/c1-2-8-6-11(17)16(7-8)13(18)9-4-3-5-10(15)12(9)14/h3-5,8H,2,6-7H2,1H3. The molecule has 1 aromatic carbocycles. The Balaban J connectivity index is 2.27. The van der Waals surface area contributed by atoms with Gasteiger partial charge in [0.2, 0.25) is 5.91 Å². The van der Waals surface area contributed by atoms with Crippen LogP contribution in [0.1, 0.15) is 30.1 Å². The fourth-order valence-corrected chi connectivity index (χ4v) is 2.50. The second-order valence-electron chi connectivity index (χ2n) is 4.39. The van der Waals surface area contributed by atoms with Crippen LogP contribution in [0, 0.1) is 11.7 Å². The van der Waals surface area contributed by atoms with Crippen molar-refractivity contribution >= 4 is 27.7 Å². The van der Waals surface area contributed by atoms with Gasteiger partial charge in [0, 0.05) is 13.0 Å². The normalized spacial score (nSPS) is 19.4. The number of hydrogen-bond acceptors (Lipinski definition) is 2. The quantitative estimate of drug-likeness (QED) is 0.787. The molecule has 1 aromatic rings. The van der Waals surface area contributed by atoms with Crippen LogP contribution in [0.4, 0.5) is 4.39 Å². The molecule has 0 aliphatic carbocycles. The van der Waals surface area contributed by atoms with Crippen LogP contribution in [0.2, 0.25) is 0 Å². The average Bonchev–Trinajstić information content (AvgIpc) is 2.73. The highest BCUT2D eigenvalue weighted by molar-refractivity contribution is 9.10. The number of imide groups is 1. The molecule has 1 heterocycles. The van der Waals surface area contributed by atoms with E-state index in [-0.39, 0.29) is 21.9 Å². The van der Waals surface area contributed by atoms with Crippen molar-refractivity contribution in [2.24, 2.45) is 5.92 Å². The van der Waals surface area contributed by atoms with E-state index in [0.717, 1.165) is 6.42 Å². The van der Waals surface area contributed by atoms with Gasteiger partial charge in [0.1, 0.15) is 5.82 Å². The highest BCUT2D eigenvalue weighted by atomic mass is 79.9. The van der Waals surface area contributed by atoms with Gasteiger partial charge in [0.25, 0.3) is 5.91 Å². The van der Waals surface area contributed by atoms with Crippen LogP contribution in [0.5, 0.6) is 0 Å². The maximum atomic E-state index is 13.4. The lowest BCUT2D eigenvalue weighted by atomic mass is 10.1. The van der Waals surface area contributed by atoms with Gasteiger partial charge in [-0.3, -0.25) is 14.5 Å². The van der Waals surface area contributed by atoms with Crippen molar-refractivity contribution in [1.29, 1.82) is 0 Å². The minimum absolute atomic E-state index is 0.114. The topological polar surface area (TPSA) is 37.4 Å². The first kappa shape index (κ1) is 13.2. The van der Waals surface area contributed by atoms with Crippen molar-refractivity contribution in [3.8, 4) is 0 Å². The molecular formula is C13H13BrFNO2. The zero-order chi connectivity index (χ0) is 13.3. The molecule has 1 fully saturated rings. The van der Waals surface area contributed by atoms with E-state index in [0.29, 0.717) is 13.0 Å². The molecular weight excluding hydrogens is 301 g/mol. The van der Waals surface area contributed by atoms with Crippen LogP contribution >= 0.6 is 15.9 Å². The zero-order valence-electron chi connectivity index (χ0n) is 9.95. The van der Waals surface area contributed by atoms with Gasteiger partial charge in [0.05, 0.1) is 10.0 Å². The molecule has 18 heavy (non-hydrogen) atoms. The summed E-state index contributed by atoms with van der Waals surface area (Å²) < 4.78 is 13.5. The molecule has 0 bridgehead atoms. The zero-order valence-corrected chi connectivity index (χ0v) is 11.5. The fraction of sp³-hybridized carbons (Fsp3) is 0.385. The van der Waals surface area contributed by atoms with Crippen LogP contribution in [0.3, 0.4) is 0 Å². The van der Waals surface area contributed by atoms with Crippen LogP contribution in [-0.2, 0) is 4.79 Å². The molecule has 0 N–H and O–H groups in total. The van der Waals surface area contributed by atoms with Gasteiger partial charge in [-0.05, 0) is 34.0 Å². The number of hydrogen-bond donors (Lipinski definition) is 0. The molecule has 2 rings (SSSR count). The van der Waals surface area contributed by atoms with Gasteiger partial charge in [0.15, 0.2) is 0 Å². The van der Waals surface area contributed by atoms with Crippen molar-refractivity contribution in [1.82, 2.24) is 4.90 Å². The summed E-state index contributed by atoms with van der Waals surface area (Å²) in [6.07, 6.45) is 1.26. The predicted octanol–water partition coefficient (Wildman–Crippen LogP) is 2.99. The minimum atomic E-state index is -0.500. The van der Waals surface area contributed by atoms with Crippen molar-refractivity contribution in [2.45, 2.75) is 19.8 Å². The Kier molecular flexibility index (Phi) is 3.80. The highest BCUT2D eigenvalue weighted by Crippen LogP contribution is 2.26. The number of halogens is 2. The van der Waals surface area contributed by atoms with E-state index in [2.05, 4.69) is 15.9 Å². The second kappa shape index (κ2) is 5.18. The van der Waals surface area contributed by atoms with Crippen molar-refractivity contribution in [3.05, 3.63) is 34.1 Å². The lowest BCUT2D eigenvalue weighted by Crippen LogP contribution is -2.32. The third-order valence-electron chi connectivity index (χ3n) is 3.21. The van der Waals surface area contributed by atoms with E-state index in [9.17, 15) is 14.0 Å². The third kappa shape index (κ3) is 2.32. The Morgan fingerprint density at radius 3 is 2.89 bits per heavy atom.